The van der Waals surface area contributed by atoms with Crippen LogP contribution in [0.4, 0.5) is 10.7 Å². The number of anilines is 1. The summed E-state index contributed by atoms with van der Waals surface area (Å²) in [7, 11) is 0. The second-order valence-electron chi connectivity index (χ2n) is 4.78. The number of nitrogen functional groups attached to an aromatic ring is 1. The Balaban J connectivity index is 1.91. The SMILES string of the molecule is CCN(CC)C(=O)N1CCN(C(=O)c2nc(N)n[nH]2)CC1. The number of nitrogens with two attached hydrogens (primary N) is 1. The number of urea groups is 1. The highest BCUT2D eigenvalue weighted by Gasteiger charge is 2.27. The van der Waals surface area contributed by atoms with Crippen LogP contribution in [-0.2, 0) is 0 Å². The molecule has 1 saturated heterocycles. The molecule has 0 saturated carbocycles. The van der Waals surface area contributed by atoms with Gasteiger partial charge in [0.15, 0.2) is 0 Å². The summed E-state index contributed by atoms with van der Waals surface area (Å²) in [5.41, 5.74) is 5.39. The molecule has 116 valence electrons. The van der Waals surface area contributed by atoms with E-state index in [1.165, 1.54) is 0 Å². The second kappa shape index (κ2) is 6.42. The number of rotatable bonds is 3. The summed E-state index contributed by atoms with van der Waals surface area (Å²) >= 11 is 0. The lowest BCUT2D eigenvalue weighted by molar-refractivity contribution is 0.0630. The molecule has 9 nitrogen and oxygen atoms in total. The molecule has 0 aliphatic carbocycles. The largest absolute Gasteiger partial charge is 0.366 e. The molecule has 0 atom stereocenters. The first-order valence-corrected chi connectivity index (χ1v) is 7.07. The van der Waals surface area contributed by atoms with Crippen LogP contribution >= 0.6 is 0 Å². The smallest absolute Gasteiger partial charge is 0.320 e. The van der Waals surface area contributed by atoms with E-state index in [0.29, 0.717) is 39.3 Å². The molecule has 1 fully saturated rings. The first kappa shape index (κ1) is 15.1. The number of aromatic amines is 1. The Hall–Kier alpha value is -2.32. The highest BCUT2D eigenvalue weighted by molar-refractivity contribution is 5.90. The zero-order valence-corrected chi connectivity index (χ0v) is 12.4. The molecule has 1 aliphatic rings. The van der Waals surface area contributed by atoms with Gasteiger partial charge in [0.05, 0.1) is 0 Å². The minimum absolute atomic E-state index is 0.0241. The van der Waals surface area contributed by atoms with E-state index in [1.807, 2.05) is 13.8 Å². The fourth-order valence-corrected chi connectivity index (χ4v) is 2.32. The van der Waals surface area contributed by atoms with Gasteiger partial charge < -0.3 is 20.4 Å². The van der Waals surface area contributed by atoms with Crippen molar-refractivity contribution in [3.63, 3.8) is 0 Å². The van der Waals surface area contributed by atoms with Gasteiger partial charge in [0.25, 0.3) is 5.91 Å². The molecule has 0 bridgehead atoms. The first-order chi connectivity index (χ1) is 10.1. The van der Waals surface area contributed by atoms with Crippen LogP contribution in [0.3, 0.4) is 0 Å². The summed E-state index contributed by atoms with van der Waals surface area (Å²) in [5, 5.41) is 6.15. The fraction of sp³-hybridized carbons (Fsp3) is 0.667. The number of amides is 3. The van der Waals surface area contributed by atoms with Gasteiger partial charge in [0, 0.05) is 39.3 Å². The number of carbonyl (C=O) groups is 2. The van der Waals surface area contributed by atoms with E-state index in [0.717, 1.165) is 0 Å². The van der Waals surface area contributed by atoms with Crippen molar-refractivity contribution in [2.45, 2.75) is 13.8 Å². The average Bonchev–Trinajstić information content (AvgIpc) is 2.94. The number of hydrogen-bond acceptors (Lipinski definition) is 5. The third-order valence-electron chi connectivity index (χ3n) is 3.58. The molecule has 9 heteroatoms. The van der Waals surface area contributed by atoms with E-state index in [4.69, 9.17) is 5.73 Å². The summed E-state index contributed by atoms with van der Waals surface area (Å²) in [6.07, 6.45) is 0. The predicted molar refractivity (Wildman–Crippen MR) is 76.6 cm³/mol. The molecule has 0 aromatic carbocycles. The Morgan fingerprint density at radius 1 is 1.19 bits per heavy atom. The van der Waals surface area contributed by atoms with E-state index in [9.17, 15) is 9.59 Å². The molecule has 21 heavy (non-hydrogen) atoms. The van der Waals surface area contributed by atoms with Gasteiger partial charge in [-0.15, -0.1) is 5.10 Å². The van der Waals surface area contributed by atoms with Gasteiger partial charge in [-0.1, -0.05) is 0 Å². The molecule has 1 aromatic rings. The van der Waals surface area contributed by atoms with Crippen LogP contribution < -0.4 is 5.73 Å². The van der Waals surface area contributed by atoms with Gasteiger partial charge in [0.1, 0.15) is 0 Å². The molecule has 2 heterocycles. The van der Waals surface area contributed by atoms with Gasteiger partial charge in [-0.25, -0.2) is 4.79 Å². The number of H-pyrrole nitrogens is 1. The van der Waals surface area contributed by atoms with E-state index in [1.54, 1.807) is 14.7 Å². The molecular formula is C12H21N7O2. The lowest BCUT2D eigenvalue weighted by atomic mass is 10.3. The van der Waals surface area contributed by atoms with Gasteiger partial charge >= 0.3 is 6.03 Å². The minimum Gasteiger partial charge on any atom is -0.366 e. The van der Waals surface area contributed by atoms with Crippen LogP contribution in [0.1, 0.15) is 24.5 Å². The maximum absolute atomic E-state index is 12.2. The number of nitrogens with one attached hydrogen (secondary N) is 1. The van der Waals surface area contributed by atoms with Crippen LogP contribution in [0.2, 0.25) is 0 Å². The summed E-state index contributed by atoms with van der Waals surface area (Å²) in [6.45, 7) is 7.27. The molecule has 0 radical (unpaired) electrons. The number of aromatic nitrogens is 3. The van der Waals surface area contributed by atoms with Crippen LogP contribution in [0.5, 0.6) is 0 Å². The average molecular weight is 295 g/mol. The van der Waals surface area contributed by atoms with Gasteiger partial charge in [-0.2, -0.15) is 4.98 Å². The van der Waals surface area contributed by atoms with Crippen LogP contribution in [0.15, 0.2) is 0 Å². The zero-order chi connectivity index (χ0) is 15.4. The highest BCUT2D eigenvalue weighted by Crippen LogP contribution is 2.08. The van der Waals surface area contributed by atoms with Gasteiger partial charge in [0.2, 0.25) is 11.8 Å². The standard InChI is InChI=1S/C12H21N7O2/c1-3-17(4-2)12(21)19-7-5-18(6-8-19)10(20)9-14-11(13)16-15-9/h3-8H2,1-2H3,(H3,13,14,15,16). The summed E-state index contributed by atoms with van der Waals surface area (Å²) < 4.78 is 0. The van der Waals surface area contributed by atoms with E-state index in [-0.39, 0.29) is 23.7 Å². The number of nitrogens with zero attached hydrogens (tertiary/aromatic N) is 5. The Bertz CT molecular complexity index is 503. The molecule has 3 amide bonds. The maximum Gasteiger partial charge on any atom is 0.320 e. The predicted octanol–water partition coefficient (Wildman–Crippen LogP) is -0.393. The third kappa shape index (κ3) is 3.23. The maximum atomic E-state index is 12.2. The highest BCUT2D eigenvalue weighted by atomic mass is 16.2. The third-order valence-corrected chi connectivity index (χ3v) is 3.58. The van der Waals surface area contributed by atoms with Gasteiger partial charge in [-0.3, -0.25) is 9.89 Å². The molecule has 2 rings (SSSR count). The van der Waals surface area contributed by atoms with E-state index >= 15 is 0 Å². The van der Waals surface area contributed by atoms with Crippen molar-refractivity contribution >= 4 is 17.9 Å². The summed E-state index contributed by atoms with van der Waals surface area (Å²) in [6, 6.07) is 0.0241. The molecule has 0 unspecified atom stereocenters. The normalized spacial score (nSPS) is 15.1. The molecule has 0 spiro atoms. The topological polar surface area (TPSA) is 111 Å². The van der Waals surface area contributed by atoms with Crippen molar-refractivity contribution in [3.05, 3.63) is 5.82 Å². The zero-order valence-electron chi connectivity index (χ0n) is 12.4. The van der Waals surface area contributed by atoms with Crippen molar-refractivity contribution in [1.29, 1.82) is 0 Å². The lowest BCUT2D eigenvalue weighted by Crippen LogP contribution is -2.54. The van der Waals surface area contributed by atoms with Crippen molar-refractivity contribution in [2.24, 2.45) is 0 Å². The van der Waals surface area contributed by atoms with Crippen molar-refractivity contribution in [1.82, 2.24) is 29.9 Å². The number of carbonyl (C=O) groups excluding carboxylic acids is 2. The Labute approximate surface area is 123 Å². The molecule has 1 aliphatic heterocycles. The Morgan fingerprint density at radius 2 is 1.76 bits per heavy atom. The Kier molecular flexibility index (Phi) is 4.61. The van der Waals surface area contributed by atoms with Crippen molar-refractivity contribution in [3.8, 4) is 0 Å². The summed E-state index contributed by atoms with van der Waals surface area (Å²) in [5.74, 6) is -0.0566. The fourth-order valence-electron chi connectivity index (χ4n) is 2.32. The number of piperazine rings is 1. The van der Waals surface area contributed by atoms with Crippen LogP contribution in [0, 0.1) is 0 Å². The van der Waals surface area contributed by atoms with Crippen molar-refractivity contribution < 1.29 is 9.59 Å². The summed E-state index contributed by atoms with van der Waals surface area (Å²) in [4.78, 5) is 33.4. The van der Waals surface area contributed by atoms with E-state index < -0.39 is 0 Å². The quantitative estimate of drug-likeness (QED) is 0.788. The number of hydrogen-bond donors (Lipinski definition) is 2. The first-order valence-electron chi connectivity index (χ1n) is 7.07. The molecule has 3 N–H and O–H groups in total. The monoisotopic (exact) mass is 295 g/mol. The second-order valence-corrected chi connectivity index (χ2v) is 4.78. The Morgan fingerprint density at radius 3 is 2.24 bits per heavy atom. The van der Waals surface area contributed by atoms with Crippen molar-refractivity contribution in [2.75, 3.05) is 45.0 Å². The van der Waals surface area contributed by atoms with Crippen LogP contribution in [0.25, 0.3) is 0 Å². The lowest BCUT2D eigenvalue weighted by Gasteiger charge is -2.36. The molecular weight excluding hydrogens is 274 g/mol. The minimum atomic E-state index is -0.242. The molecule has 1 aromatic heterocycles. The van der Waals surface area contributed by atoms with Gasteiger partial charge in [-0.05, 0) is 13.8 Å². The van der Waals surface area contributed by atoms with E-state index in [2.05, 4.69) is 15.2 Å². The van der Waals surface area contributed by atoms with Crippen LogP contribution in [-0.4, -0.2) is 81.1 Å².